The number of esters is 2. The zero-order valence-corrected chi connectivity index (χ0v) is 24.4. The normalized spacial score (nSPS) is 42.4. The maximum absolute atomic E-state index is 12.1. The van der Waals surface area contributed by atoms with E-state index in [-0.39, 0.29) is 25.2 Å². The van der Waals surface area contributed by atoms with Crippen molar-refractivity contribution in [1.29, 1.82) is 0 Å². The van der Waals surface area contributed by atoms with Crippen LogP contribution < -0.4 is 22.1 Å². The summed E-state index contributed by atoms with van der Waals surface area (Å²) in [5, 5.41) is 6.96. The first kappa shape index (κ1) is 28.9. The molecule has 8 nitrogen and oxygen atoms in total. The number of rotatable bonds is 15. The molecule has 0 aliphatic heterocycles. The lowest BCUT2D eigenvalue weighted by molar-refractivity contribution is -0.152. The van der Waals surface area contributed by atoms with Crippen LogP contribution in [-0.2, 0) is 19.1 Å². The highest BCUT2D eigenvalue weighted by Crippen LogP contribution is 2.62. The summed E-state index contributed by atoms with van der Waals surface area (Å²) in [6.45, 7) is 5.27. The van der Waals surface area contributed by atoms with E-state index in [1.807, 2.05) is 0 Å². The molecule has 0 aromatic carbocycles. The number of hydrogen-bond donors (Lipinski definition) is 4. The lowest BCUT2D eigenvalue weighted by atomic mass is 9.76. The van der Waals surface area contributed by atoms with E-state index in [4.69, 9.17) is 20.9 Å². The predicted molar refractivity (Wildman–Crippen MR) is 154 cm³/mol. The number of hydrogen-bond acceptors (Lipinski definition) is 8. The molecule has 4 bridgehead atoms. The summed E-state index contributed by atoms with van der Waals surface area (Å²) in [5.74, 6) is 9.79. The summed E-state index contributed by atoms with van der Waals surface area (Å²) in [4.78, 5) is 24.1. The number of nitrogens with one attached hydrogen (secondary N) is 2. The highest BCUT2D eigenvalue weighted by Gasteiger charge is 2.56. The quantitative estimate of drug-likeness (QED) is 0.178. The van der Waals surface area contributed by atoms with E-state index < -0.39 is 0 Å². The first-order chi connectivity index (χ1) is 19.5. The molecule has 6 N–H and O–H groups in total. The van der Waals surface area contributed by atoms with Gasteiger partial charge < -0.3 is 31.6 Å². The highest BCUT2D eigenvalue weighted by atomic mass is 16.6. The van der Waals surface area contributed by atoms with Crippen LogP contribution in [0.1, 0.15) is 64.2 Å². The minimum absolute atomic E-state index is 0.131. The Balaban J connectivity index is 0.747. The Morgan fingerprint density at radius 2 is 1.00 bits per heavy atom. The van der Waals surface area contributed by atoms with Crippen molar-refractivity contribution in [2.75, 3.05) is 52.5 Å². The van der Waals surface area contributed by atoms with Gasteiger partial charge in [0.2, 0.25) is 0 Å². The summed E-state index contributed by atoms with van der Waals surface area (Å²) in [6.07, 6.45) is 11.6. The number of fused-ring (bicyclic) bond motifs is 10. The van der Waals surface area contributed by atoms with Gasteiger partial charge in [0.1, 0.15) is 13.2 Å². The van der Waals surface area contributed by atoms with E-state index >= 15 is 0 Å². The predicted octanol–water partition coefficient (Wildman–Crippen LogP) is 2.55. The lowest BCUT2D eigenvalue weighted by Gasteiger charge is -2.30. The molecular formula is C32H54N4O4. The van der Waals surface area contributed by atoms with Crippen molar-refractivity contribution < 1.29 is 19.1 Å². The van der Waals surface area contributed by atoms with Gasteiger partial charge >= 0.3 is 11.9 Å². The zero-order valence-electron chi connectivity index (χ0n) is 24.4. The summed E-state index contributed by atoms with van der Waals surface area (Å²) in [5.41, 5.74) is 12.0. The van der Waals surface area contributed by atoms with Crippen LogP contribution in [0.4, 0.5) is 0 Å². The summed E-state index contributed by atoms with van der Waals surface area (Å²) >= 11 is 0. The zero-order chi connectivity index (χ0) is 27.6. The van der Waals surface area contributed by atoms with E-state index in [2.05, 4.69) is 10.6 Å². The second-order valence-corrected chi connectivity index (χ2v) is 14.5. The monoisotopic (exact) mass is 558 g/mol. The van der Waals surface area contributed by atoms with E-state index in [9.17, 15) is 9.59 Å². The molecule has 6 rings (SSSR count). The topological polar surface area (TPSA) is 129 Å². The minimum Gasteiger partial charge on any atom is -0.462 e. The number of ether oxygens (including phenoxy) is 2. The van der Waals surface area contributed by atoms with Gasteiger partial charge in [-0.05, 0) is 149 Å². The van der Waals surface area contributed by atoms with Gasteiger partial charge in [0, 0.05) is 13.1 Å². The molecule has 0 aromatic heterocycles. The van der Waals surface area contributed by atoms with Gasteiger partial charge in [-0.15, -0.1) is 0 Å². The molecule has 0 heterocycles. The van der Waals surface area contributed by atoms with Crippen molar-refractivity contribution in [2.45, 2.75) is 64.2 Å². The summed E-state index contributed by atoms with van der Waals surface area (Å²) < 4.78 is 10.5. The standard InChI is InChI=1S/C32H54N4O4/c33-15-23-11-21-13-27(23)29-9-19(7-25(21)29)17-35-3-1-31(37)39-5-6-40-32(38)2-4-36-18-20-8-26-22-12-24(16-34)28(14-22)30(26)10-20/h19-30,35-36H,1-18,33-34H2. The molecule has 40 heavy (non-hydrogen) atoms. The van der Waals surface area contributed by atoms with E-state index in [1.54, 1.807) is 0 Å². The molecule has 0 amide bonds. The Morgan fingerprint density at radius 3 is 1.43 bits per heavy atom. The molecule has 8 heteroatoms. The second kappa shape index (κ2) is 13.0. The minimum atomic E-state index is -0.232. The van der Waals surface area contributed by atoms with Crippen molar-refractivity contribution in [3.8, 4) is 0 Å². The molecular weight excluding hydrogens is 504 g/mol. The molecule has 12 atom stereocenters. The van der Waals surface area contributed by atoms with E-state index in [1.165, 1.54) is 51.4 Å². The first-order valence-electron chi connectivity index (χ1n) is 16.7. The third-order valence-electron chi connectivity index (χ3n) is 12.5. The Bertz CT molecular complexity index is 813. The maximum Gasteiger partial charge on any atom is 0.307 e. The van der Waals surface area contributed by atoms with Crippen LogP contribution in [0.5, 0.6) is 0 Å². The fraction of sp³-hybridized carbons (Fsp3) is 0.938. The molecule has 12 unspecified atom stereocenters. The summed E-state index contributed by atoms with van der Waals surface area (Å²) in [6, 6.07) is 0. The number of carbonyl (C=O) groups is 2. The molecule has 0 aromatic rings. The van der Waals surface area contributed by atoms with Crippen LogP contribution in [0.3, 0.4) is 0 Å². The van der Waals surface area contributed by atoms with Crippen LogP contribution in [-0.4, -0.2) is 64.4 Å². The van der Waals surface area contributed by atoms with Crippen molar-refractivity contribution >= 4 is 11.9 Å². The van der Waals surface area contributed by atoms with Crippen molar-refractivity contribution in [1.82, 2.24) is 10.6 Å². The third kappa shape index (κ3) is 6.11. The molecule has 0 saturated heterocycles. The lowest BCUT2D eigenvalue weighted by Crippen LogP contribution is -2.29. The van der Waals surface area contributed by atoms with E-state index in [0.717, 1.165) is 97.2 Å². The third-order valence-corrected chi connectivity index (χ3v) is 12.5. The van der Waals surface area contributed by atoms with E-state index in [0.29, 0.717) is 25.9 Å². The Kier molecular flexibility index (Phi) is 9.36. The van der Waals surface area contributed by atoms with Crippen LogP contribution in [0, 0.1) is 71.0 Å². The van der Waals surface area contributed by atoms with Gasteiger partial charge in [-0.3, -0.25) is 9.59 Å². The average molecular weight is 559 g/mol. The Hall–Kier alpha value is -1.22. The molecule has 0 spiro atoms. The fourth-order valence-electron chi connectivity index (χ4n) is 11.0. The van der Waals surface area contributed by atoms with Gasteiger partial charge in [-0.1, -0.05) is 0 Å². The first-order valence-corrected chi connectivity index (χ1v) is 16.7. The molecule has 226 valence electrons. The van der Waals surface area contributed by atoms with Gasteiger partial charge in [0.15, 0.2) is 0 Å². The number of carbonyl (C=O) groups excluding carboxylic acids is 2. The Morgan fingerprint density at radius 1 is 0.575 bits per heavy atom. The molecule has 6 saturated carbocycles. The fourth-order valence-corrected chi connectivity index (χ4v) is 11.0. The van der Waals surface area contributed by atoms with Gasteiger partial charge in [0.05, 0.1) is 12.8 Å². The van der Waals surface area contributed by atoms with Gasteiger partial charge in [-0.2, -0.15) is 0 Å². The molecule has 6 fully saturated rings. The van der Waals surface area contributed by atoms with Crippen molar-refractivity contribution in [3.63, 3.8) is 0 Å². The van der Waals surface area contributed by atoms with Crippen LogP contribution in [0.15, 0.2) is 0 Å². The molecule has 6 aliphatic carbocycles. The van der Waals surface area contributed by atoms with Crippen LogP contribution in [0.2, 0.25) is 0 Å². The van der Waals surface area contributed by atoms with Crippen LogP contribution in [0.25, 0.3) is 0 Å². The summed E-state index contributed by atoms with van der Waals surface area (Å²) in [7, 11) is 0. The molecule has 0 radical (unpaired) electrons. The Labute approximate surface area is 240 Å². The van der Waals surface area contributed by atoms with Gasteiger partial charge in [-0.25, -0.2) is 0 Å². The highest BCUT2D eigenvalue weighted by molar-refractivity contribution is 5.70. The largest absolute Gasteiger partial charge is 0.462 e. The smallest absolute Gasteiger partial charge is 0.307 e. The van der Waals surface area contributed by atoms with Gasteiger partial charge in [0.25, 0.3) is 0 Å². The van der Waals surface area contributed by atoms with Crippen LogP contribution >= 0.6 is 0 Å². The maximum atomic E-state index is 12.1. The SMILES string of the molecule is NCC1CC2CC1C1CC(CNCCC(=O)OCCOC(=O)CCNCC3CC4C5CC(CN)C(C5)C4C3)CC21. The van der Waals surface area contributed by atoms with Crippen molar-refractivity contribution in [2.24, 2.45) is 82.5 Å². The molecule has 6 aliphatic rings. The second-order valence-electron chi connectivity index (χ2n) is 14.5. The number of nitrogens with two attached hydrogens (primary N) is 2. The average Bonchev–Trinajstić information content (AvgIpc) is 3.78. The van der Waals surface area contributed by atoms with Crippen molar-refractivity contribution in [3.05, 3.63) is 0 Å².